The van der Waals surface area contributed by atoms with Gasteiger partial charge in [-0.15, -0.1) is 0 Å². The van der Waals surface area contributed by atoms with Crippen LogP contribution in [0.5, 0.6) is 0 Å². The van der Waals surface area contributed by atoms with Crippen LogP contribution in [0.1, 0.15) is 103 Å². The number of allylic oxidation sites excluding steroid dienone is 2. The molecule has 4 heteroatoms. The van der Waals surface area contributed by atoms with E-state index in [9.17, 15) is 9.59 Å². The van der Waals surface area contributed by atoms with Crippen LogP contribution in [-0.4, -0.2) is 25.2 Å². The Kier molecular flexibility index (Phi) is 16.4. The van der Waals surface area contributed by atoms with Crippen LogP contribution in [0.3, 0.4) is 0 Å². The van der Waals surface area contributed by atoms with Crippen molar-refractivity contribution in [1.29, 1.82) is 0 Å². The van der Waals surface area contributed by atoms with E-state index < -0.39 is 0 Å². The van der Waals surface area contributed by atoms with Crippen LogP contribution in [0, 0.1) is 0 Å². The van der Waals surface area contributed by atoms with E-state index in [2.05, 4.69) is 24.3 Å². The lowest BCUT2D eigenvalue weighted by Crippen LogP contribution is -2.05. The number of ether oxygens (including phenoxy) is 2. The van der Waals surface area contributed by atoms with Gasteiger partial charge in [-0.3, -0.25) is 9.59 Å². The third-order valence-electron chi connectivity index (χ3n) is 4.93. The fourth-order valence-electron chi connectivity index (χ4n) is 3.22. The van der Waals surface area contributed by atoms with Crippen LogP contribution in [0.2, 0.25) is 0 Å². The third-order valence-corrected chi connectivity index (χ3v) is 4.93. The van der Waals surface area contributed by atoms with Crippen molar-refractivity contribution in [2.24, 2.45) is 0 Å². The Morgan fingerprint density at radius 1 is 0.464 bits per heavy atom. The molecule has 0 atom stereocenters. The third kappa shape index (κ3) is 16.6. The number of hydrogen-bond acceptors (Lipinski definition) is 4. The molecule has 160 valence electrons. The summed E-state index contributed by atoms with van der Waals surface area (Å²) in [5, 5.41) is 0. The van der Waals surface area contributed by atoms with Gasteiger partial charge in [0.05, 0.1) is 13.2 Å². The molecule has 1 aliphatic heterocycles. The normalized spacial score (nSPS) is 23.9. The van der Waals surface area contributed by atoms with Crippen LogP contribution in [-0.2, 0) is 19.1 Å². The molecule has 0 aromatic heterocycles. The van der Waals surface area contributed by atoms with Gasteiger partial charge in [0.15, 0.2) is 0 Å². The Balaban J connectivity index is 2.22. The second kappa shape index (κ2) is 18.8. The second-order valence-corrected chi connectivity index (χ2v) is 7.57. The van der Waals surface area contributed by atoms with E-state index >= 15 is 0 Å². The summed E-state index contributed by atoms with van der Waals surface area (Å²) in [5.41, 5.74) is 0. The van der Waals surface area contributed by atoms with Gasteiger partial charge in [-0.05, 0) is 51.4 Å². The molecular weight excluding hydrogens is 352 g/mol. The molecule has 0 saturated heterocycles. The number of carbonyl (C=O) groups is 2. The van der Waals surface area contributed by atoms with Crippen LogP contribution in [0.25, 0.3) is 0 Å². The molecule has 0 bridgehead atoms. The standard InChI is InChI=1S/C24H40O4/c25-23-19-15-11-7-3-1-5-9-13-17-21-27-24(26)20-16-12-8-4-2-6-10-14-18-22-28-23/h9-10,13-14H,1-8,11-12,15-22H2/b13-9-,14-10-. The predicted octanol–water partition coefficient (Wildman–Crippen LogP) is 6.44. The lowest BCUT2D eigenvalue weighted by Gasteiger charge is -2.04. The maximum atomic E-state index is 11.7. The summed E-state index contributed by atoms with van der Waals surface area (Å²) in [5.74, 6) is -0.114. The summed E-state index contributed by atoms with van der Waals surface area (Å²) in [6.07, 6.45) is 24.5. The maximum Gasteiger partial charge on any atom is 0.305 e. The predicted molar refractivity (Wildman–Crippen MR) is 114 cm³/mol. The maximum absolute atomic E-state index is 11.7. The second-order valence-electron chi connectivity index (χ2n) is 7.57. The smallest absolute Gasteiger partial charge is 0.305 e. The average Bonchev–Trinajstić information content (AvgIpc) is 2.69. The van der Waals surface area contributed by atoms with Gasteiger partial charge in [-0.2, -0.15) is 0 Å². The van der Waals surface area contributed by atoms with Crippen molar-refractivity contribution >= 4 is 11.9 Å². The Labute approximate surface area is 171 Å². The zero-order valence-corrected chi connectivity index (χ0v) is 17.7. The van der Waals surface area contributed by atoms with Crippen molar-refractivity contribution in [1.82, 2.24) is 0 Å². The minimum atomic E-state index is -0.0570. The summed E-state index contributed by atoms with van der Waals surface area (Å²) in [7, 11) is 0. The van der Waals surface area contributed by atoms with Crippen molar-refractivity contribution in [3.05, 3.63) is 24.3 Å². The first-order valence-electron chi connectivity index (χ1n) is 11.4. The molecule has 0 N–H and O–H groups in total. The molecule has 0 saturated carbocycles. The zero-order chi connectivity index (χ0) is 20.1. The Morgan fingerprint density at radius 2 is 0.821 bits per heavy atom. The van der Waals surface area contributed by atoms with Gasteiger partial charge in [-0.25, -0.2) is 0 Å². The number of cyclic esters (lactones) is 2. The van der Waals surface area contributed by atoms with Crippen LogP contribution in [0.4, 0.5) is 0 Å². The van der Waals surface area contributed by atoms with E-state index in [-0.39, 0.29) is 11.9 Å². The van der Waals surface area contributed by atoms with Crippen LogP contribution >= 0.6 is 0 Å². The van der Waals surface area contributed by atoms with Gasteiger partial charge in [0.25, 0.3) is 0 Å². The molecule has 4 nitrogen and oxygen atoms in total. The van der Waals surface area contributed by atoms with Gasteiger partial charge in [0, 0.05) is 12.8 Å². The molecule has 0 amide bonds. The number of hydrogen-bond donors (Lipinski definition) is 0. The molecule has 0 fully saturated rings. The lowest BCUT2D eigenvalue weighted by atomic mass is 10.1. The van der Waals surface area contributed by atoms with Crippen LogP contribution in [0.15, 0.2) is 24.3 Å². The minimum Gasteiger partial charge on any atom is -0.465 e. The minimum absolute atomic E-state index is 0.0570. The van der Waals surface area contributed by atoms with E-state index in [0.29, 0.717) is 26.1 Å². The quantitative estimate of drug-likeness (QED) is 0.351. The Hall–Kier alpha value is -1.58. The first kappa shape index (κ1) is 24.5. The van der Waals surface area contributed by atoms with Crippen molar-refractivity contribution in [2.75, 3.05) is 13.2 Å². The molecule has 0 aromatic carbocycles. The highest BCUT2D eigenvalue weighted by Gasteiger charge is 2.03. The summed E-state index contributed by atoms with van der Waals surface area (Å²) in [4.78, 5) is 23.4. The monoisotopic (exact) mass is 392 g/mol. The molecular formula is C24H40O4. The molecule has 0 aliphatic carbocycles. The SMILES string of the molecule is O=C1CCCCCCC/C=C\CCOC(=O)CCCCCCC/C=C\CCO1. The highest BCUT2D eigenvalue weighted by molar-refractivity contribution is 5.69. The van der Waals surface area contributed by atoms with Gasteiger partial charge in [0.2, 0.25) is 0 Å². The van der Waals surface area contributed by atoms with Gasteiger partial charge in [-0.1, -0.05) is 62.8 Å². The highest BCUT2D eigenvalue weighted by Crippen LogP contribution is 2.10. The summed E-state index contributed by atoms with van der Waals surface area (Å²) < 4.78 is 10.5. The van der Waals surface area contributed by atoms with E-state index in [1.807, 2.05) is 0 Å². The number of rotatable bonds is 0. The van der Waals surface area contributed by atoms with E-state index in [0.717, 1.165) is 51.4 Å². The average molecular weight is 393 g/mol. The molecule has 0 spiro atoms. The van der Waals surface area contributed by atoms with E-state index in [1.165, 1.54) is 38.5 Å². The molecule has 1 aliphatic rings. The number of esters is 2. The van der Waals surface area contributed by atoms with Crippen LogP contribution < -0.4 is 0 Å². The molecule has 0 aromatic rings. The fraction of sp³-hybridized carbons (Fsp3) is 0.750. The Morgan fingerprint density at radius 3 is 1.29 bits per heavy atom. The fourth-order valence-corrected chi connectivity index (χ4v) is 3.22. The van der Waals surface area contributed by atoms with Gasteiger partial charge in [0.1, 0.15) is 0 Å². The first-order chi connectivity index (χ1) is 13.8. The largest absolute Gasteiger partial charge is 0.465 e. The molecule has 0 unspecified atom stereocenters. The lowest BCUT2D eigenvalue weighted by molar-refractivity contribution is -0.144. The molecule has 0 radical (unpaired) electrons. The van der Waals surface area contributed by atoms with Crippen molar-refractivity contribution in [3.63, 3.8) is 0 Å². The van der Waals surface area contributed by atoms with Crippen molar-refractivity contribution < 1.29 is 19.1 Å². The molecule has 28 heavy (non-hydrogen) atoms. The molecule has 1 heterocycles. The first-order valence-corrected chi connectivity index (χ1v) is 11.4. The topological polar surface area (TPSA) is 52.6 Å². The molecule has 1 rings (SSSR count). The van der Waals surface area contributed by atoms with Gasteiger partial charge < -0.3 is 9.47 Å². The van der Waals surface area contributed by atoms with Crippen molar-refractivity contribution in [2.45, 2.75) is 103 Å². The zero-order valence-electron chi connectivity index (χ0n) is 17.7. The van der Waals surface area contributed by atoms with E-state index in [4.69, 9.17) is 9.47 Å². The highest BCUT2D eigenvalue weighted by atomic mass is 16.5. The number of carbonyl (C=O) groups excluding carboxylic acids is 2. The van der Waals surface area contributed by atoms with Crippen molar-refractivity contribution in [3.8, 4) is 0 Å². The summed E-state index contributed by atoms with van der Waals surface area (Å²) >= 11 is 0. The summed E-state index contributed by atoms with van der Waals surface area (Å²) in [6, 6.07) is 0. The van der Waals surface area contributed by atoms with E-state index in [1.54, 1.807) is 0 Å². The summed E-state index contributed by atoms with van der Waals surface area (Å²) in [6.45, 7) is 0.996. The van der Waals surface area contributed by atoms with Gasteiger partial charge >= 0.3 is 11.9 Å². The Bertz CT molecular complexity index is 412.